The minimum atomic E-state index is -3.59. The molecule has 11 heteroatoms. The molecule has 2 aromatic carbocycles. The Morgan fingerprint density at radius 2 is 1.97 bits per heavy atom. The van der Waals surface area contributed by atoms with Crippen LogP contribution in [-0.4, -0.2) is 52.1 Å². The van der Waals surface area contributed by atoms with Crippen LogP contribution in [0.2, 0.25) is 0 Å². The number of aryl methyl sites for hydroxylation is 1. The van der Waals surface area contributed by atoms with E-state index in [-0.39, 0.29) is 17.4 Å². The Labute approximate surface area is 166 Å². The number of nitrogens with zero attached hydrogens (tertiary/aromatic N) is 6. The molecule has 2 heterocycles. The van der Waals surface area contributed by atoms with Gasteiger partial charge in [0.05, 0.1) is 4.90 Å². The Morgan fingerprint density at radius 1 is 1.17 bits per heavy atom. The first-order valence-corrected chi connectivity index (χ1v) is 10.1. The number of hydrogen-bond acceptors (Lipinski definition) is 8. The van der Waals surface area contributed by atoms with Crippen molar-refractivity contribution in [3.8, 4) is 11.4 Å². The molecule has 0 unspecified atom stereocenters. The van der Waals surface area contributed by atoms with Gasteiger partial charge in [0.25, 0.3) is 5.89 Å². The summed E-state index contributed by atoms with van der Waals surface area (Å²) in [6.45, 7) is 1.91. The van der Waals surface area contributed by atoms with Crippen LogP contribution >= 0.6 is 0 Å². The molecule has 0 atom stereocenters. The van der Waals surface area contributed by atoms with E-state index in [1.807, 2.05) is 31.2 Å². The van der Waals surface area contributed by atoms with Crippen molar-refractivity contribution in [2.45, 2.75) is 18.4 Å². The van der Waals surface area contributed by atoms with Crippen molar-refractivity contribution in [2.24, 2.45) is 0 Å². The summed E-state index contributed by atoms with van der Waals surface area (Å²) in [5.74, 6) is 0.716. The van der Waals surface area contributed by atoms with Crippen LogP contribution in [0.15, 0.2) is 51.9 Å². The fraction of sp³-hybridized carbons (Fsp3) is 0.222. The fourth-order valence-electron chi connectivity index (χ4n) is 2.71. The molecule has 10 nitrogen and oxygen atoms in total. The van der Waals surface area contributed by atoms with Crippen molar-refractivity contribution in [3.63, 3.8) is 0 Å². The van der Waals surface area contributed by atoms with Crippen LogP contribution in [0.5, 0.6) is 0 Å². The molecule has 150 valence electrons. The fourth-order valence-corrected chi connectivity index (χ4v) is 3.63. The Bertz CT molecular complexity index is 1280. The number of rotatable bonds is 6. The summed E-state index contributed by atoms with van der Waals surface area (Å²) in [5.41, 5.74) is 2.80. The van der Waals surface area contributed by atoms with Crippen molar-refractivity contribution < 1.29 is 17.8 Å². The molecule has 0 radical (unpaired) electrons. The lowest BCUT2D eigenvalue weighted by Gasteiger charge is -2.11. The van der Waals surface area contributed by atoms with Gasteiger partial charge in [0.1, 0.15) is 11.0 Å². The predicted molar refractivity (Wildman–Crippen MR) is 103 cm³/mol. The summed E-state index contributed by atoms with van der Waals surface area (Å²) < 4.78 is 31.1. The third-order valence-electron chi connectivity index (χ3n) is 4.33. The van der Waals surface area contributed by atoms with Gasteiger partial charge in [-0.25, -0.2) is 12.7 Å². The van der Waals surface area contributed by atoms with Gasteiger partial charge in [0.15, 0.2) is 6.61 Å². The van der Waals surface area contributed by atoms with E-state index in [0.717, 1.165) is 20.3 Å². The zero-order valence-electron chi connectivity index (χ0n) is 16.0. The van der Waals surface area contributed by atoms with Crippen molar-refractivity contribution in [1.82, 2.24) is 29.6 Å². The van der Waals surface area contributed by atoms with Gasteiger partial charge in [0, 0.05) is 19.7 Å². The van der Waals surface area contributed by atoms with Crippen molar-refractivity contribution in [3.05, 3.63) is 53.9 Å². The van der Waals surface area contributed by atoms with E-state index < -0.39 is 10.0 Å². The van der Waals surface area contributed by atoms with E-state index in [9.17, 15) is 8.42 Å². The summed E-state index contributed by atoms with van der Waals surface area (Å²) in [6.07, 6.45) is 0. The maximum atomic E-state index is 12.4. The second-order valence-corrected chi connectivity index (χ2v) is 8.65. The van der Waals surface area contributed by atoms with E-state index in [1.54, 1.807) is 6.07 Å². The van der Waals surface area contributed by atoms with Gasteiger partial charge in [-0.2, -0.15) is 4.98 Å². The molecule has 0 fully saturated rings. The summed E-state index contributed by atoms with van der Waals surface area (Å²) in [4.78, 5) is 11.2. The lowest BCUT2D eigenvalue weighted by atomic mass is 10.1. The third kappa shape index (κ3) is 3.57. The monoisotopic (exact) mass is 414 g/mol. The Hall–Kier alpha value is -3.31. The van der Waals surface area contributed by atoms with Crippen LogP contribution in [0.3, 0.4) is 0 Å². The second kappa shape index (κ2) is 7.26. The molecule has 0 spiro atoms. The Morgan fingerprint density at radius 3 is 2.72 bits per heavy atom. The first-order valence-electron chi connectivity index (χ1n) is 8.66. The standard InChI is InChI=1S/C18H18N6O4S/c1-12-6-4-5-7-14(12)18-19-17(28-21-18)11-27-24-16-10-13(29(25,26)23(2)3)8-9-15(16)20-22-24/h4-10H,11H2,1-3H3. The smallest absolute Gasteiger partial charge is 0.267 e. The molecule has 0 amide bonds. The molecule has 0 saturated carbocycles. The third-order valence-corrected chi connectivity index (χ3v) is 6.14. The average molecular weight is 414 g/mol. The van der Waals surface area contributed by atoms with Crippen LogP contribution < -0.4 is 4.84 Å². The minimum absolute atomic E-state index is 0.0536. The van der Waals surface area contributed by atoms with Crippen LogP contribution in [-0.2, 0) is 16.6 Å². The van der Waals surface area contributed by atoms with E-state index in [0.29, 0.717) is 16.9 Å². The molecular formula is C18H18N6O4S. The zero-order valence-corrected chi connectivity index (χ0v) is 16.8. The minimum Gasteiger partial charge on any atom is -0.385 e. The normalized spacial score (nSPS) is 12.0. The van der Waals surface area contributed by atoms with Gasteiger partial charge >= 0.3 is 0 Å². The summed E-state index contributed by atoms with van der Waals surface area (Å²) in [7, 11) is -0.663. The largest absolute Gasteiger partial charge is 0.385 e. The number of hydrogen-bond donors (Lipinski definition) is 0. The van der Waals surface area contributed by atoms with Crippen molar-refractivity contribution >= 4 is 21.1 Å². The molecule has 2 aromatic heterocycles. The second-order valence-electron chi connectivity index (χ2n) is 6.50. The van der Waals surface area contributed by atoms with Gasteiger partial charge in [0.2, 0.25) is 15.8 Å². The highest BCUT2D eigenvalue weighted by molar-refractivity contribution is 7.89. The number of benzene rings is 2. The molecule has 0 aliphatic heterocycles. The van der Waals surface area contributed by atoms with E-state index >= 15 is 0 Å². The molecule has 0 saturated heterocycles. The predicted octanol–water partition coefficient (Wildman–Crippen LogP) is 1.67. The van der Waals surface area contributed by atoms with E-state index in [2.05, 4.69) is 20.5 Å². The number of aromatic nitrogens is 5. The first-order chi connectivity index (χ1) is 13.9. The van der Waals surface area contributed by atoms with Crippen LogP contribution in [0.25, 0.3) is 22.4 Å². The topological polar surface area (TPSA) is 116 Å². The Kier molecular flexibility index (Phi) is 4.76. The summed E-state index contributed by atoms with van der Waals surface area (Å²) >= 11 is 0. The lowest BCUT2D eigenvalue weighted by molar-refractivity contribution is 0.0583. The van der Waals surface area contributed by atoms with Gasteiger partial charge in [-0.3, -0.25) is 0 Å². The van der Waals surface area contributed by atoms with Crippen molar-refractivity contribution in [1.29, 1.82) is 0 Å². The zero-order chi connectivity index (χ0) is 20.6. The number of sulfonamides is 1. The van der Waals surface area contributed by atoms with E-state index in [4.69, 9.17) is 9.36 Å². The highest BCUT2D eigenvalue weighted by atomic mass is 32.2. The number of fused-ring (bicyclic) bond motifs is 1. The average Bonchev–Trinajstić information content (AvgIpc) is 3.33. The molecule has 0 aliphatic carbocycles. The van der Waals surface area contributed by atoms with Crippen LogP contribution in [0.1, 0.15) is 11.5 Å². The molecule has 0 bridgehead atoms. The lowest BCUT2D eigenvalue weighted by Crippen LogP contribution is -2.22. The van der Waals surface area contributed by atoms with E-state index in [1.165, 1.54) is 26.2 Å². The highest BCUT2D eigenvalue weighted by Gasteiger charge is 2.19. The first kappa shape index (κ1) is 19.0. The summed E-state index contributed by atoms with van der Waals surface area (Å²) in [5, 5.41) is 11.9. The maximum absolute atomic E-state index is 12.4. The summed E-state index contributed by atoms with van der Waals surface area (Å²) in [6, 6.07) is 12.2. The molecular weight excluding hydrogens is 396 g/mol. The van der Waals surface area contributed by atoms with Gasteiger partial charge in [-0.1, -0.05) is 34.3 Å². The Balaban J connectivity index is 1.57. The van der Waals surface area contributed by atoms with Gasteiger partial charge < -0.3 is 9.36 Å². The SMILES string of the molecule is Cc1ccccc1-c1noc(COn2nnc3ccc(S(=O)(=O)N(C)C)cc32)n1. The van der Waals surface area contributed by atoms with Crippen molar-refractivity contribution in [2.75, 3.05) is 14.1 Å². The molecule has 0 N–H and O–H groups in total. The maximum Gasteiger partial charge on any atom is 0.267 e. The molecule has 0 aliphatic rings. The van der Waals surface area contributed by atoms with Gasteiger partial charge in [-0.05, 0) is 35.9 Å². The quantitative estimate of drug-likeness (QED) is 0.468. The molecule has 29 heavy (non-hydrogen) atoms. The van der Waals surface area contributed by atoms with Gasteiger partial charge in [-0.15, -0.1) is 5.10 Å². The molecule has 4 rings (SSSR count). The molecule has 4 aromatic rings. The van der Waals surface area contributed by atoms with Crippen LogP contribution in [0.4, 0.5) is 0 Å². The van der Waals surface area contributed by atoms with Crippen LogP contribution in [0, 0.1) is 6.92 Å². The highest BCUT2D eigenvalue weighted by Crippen LogP contribution is 2.21.